The normalized spacial score (nSPS) is 21.6. The van der Waals surface area contributed by atoms with Gasteiger partial charge in [0.15, 0.2) is 9.84 Å². The van der Waals surface area contributed by atoms with Gasteiger partial charge in [-0.1, -0.05) is 29.8 Å². The lowest BCUT2D eigenvalue weighted by Gasteiger charge is -2.30. The molecule has 2 aromatic carbocycles. The Morgan fingerprint density at radius 1 is 1.08 bits per heavy atom. The van der Waals surface area contributed by atoms with Crippen LogP contribution < -0.4 is 10.6 Å². The van der Waals surface area contributed by atoms with Crippen LogP contribution in [0.2, 0.25) is 0 Å². The van der Waals surface area contributed by atoms with Gasteiger partial charge in [0.1, 0.15) is 11.9 Å². The summed E-state index contributed by atoms with van der Waals surface area (Å²) in [6.45, 7) is 2.99. The van der Waals surface area contributed by atoms with Gasteiger partial charge in [-0.3, -0.25) is 9.59 Å². The lowest BCUT2D eigenvalue weighted by molar-refractivity contribution is -0.132. The lowest BCUT2D eigenvalue weighted by Crippen LogP contribution is -2.53. The molecule has 0 radical (unpaired) electrons. The number of hydrogen-bond acceptors (Lipinski definition) is 6. The quantitative estimate of drug-likeness (QED) is 0.456. The van der Waals surface area contributed by atoms with Crippen LogP contribution >= 0.6 is 11.8 Å². The number of thioether (sulfide) groups is 1. The largest absolute Gasteiger partial charge is 0.339 e. The molecule has 0 aromatic heterocycles. The Hall–Kier alpha value is -2.43. The number of benzene rings is 2. The maximum Gasteiger partial charge on any atom is 0.251 e. The van der Waals surface area contributed by atoms with Crippen LogP contribution in [0.25, 0.3) is 0 Å². The molecule has 36 heavy (non-hydrogen) atoms. The molecule has 1 unspecified atom stereocenters. The van der Waals surface area contributed by atoms with Gasteiger partial charge in [0.05, 0.1) is 11.5 Å². The fraction of sp³-hybridized carbons (Fsp3) is 0.462. The van der Waals surface area contributed by atoms with Crippen molar-refractivity contribution in [3.63, 3.8) is 0 Å². The first-order valence-electron chi connectivity index (χ1n) is 12.2. The zero-order valence-corrected chi connectivity index (χ0v) is 21.9. The van der Waals surface area contributed by atoms with Crippen LogP contribution in [0.1, 0.15) is 33.8 Å². The highest BCUT2D eigenvalue weighted by Gasteiger charge is 2.37. The summed E-state index contributed by atoms with van der Waals surface area (Å²) in [4.78, 5) is 27.5. The van der Waals surface area contributed by atoms with E-state index >= 15 is 0 Å². The van der Waals surface area contributed by atoms with Gasteiger partial charge in [-0.2, -0.15) is 11.8 Å². The fourth-order valence-electron chi connectivity index (χ4n) is 4.29. The molecule has 0 bridgehead atoms. The Morgan fingerprint density at radius 3 is 2.42 bits per heavy atom. The second kappa shape index (κ2) is 11.7. The second-order valence-electron chi connectivity index (χ2n) is 9.40. The minimum absolute atomic E-state index is 0.0506. The standard InChI is InChI=1S/C26H32FN3O4S2/c1-18-2-4-20(5-3-18)25(31)29-24(26(32)30-11-14-36(33,34)15-12-30)17-35-13-10-28-23-16-22(23)19-6-8-21(27)9-7-19/h2-9,22-24,28H,10-17H2,1H3,(H,29,31)/t22-,23?,24-/m0/s1. The van der Waals surface area contributed by atoms with Crippen LogP contribution in [0.4, 0.5) is 4.39 Å². The number of carbonyl (C=O) groups is 2. The molecule has 2 aromatic rings. The van der Waals surface area contributed by atoms with Crippen molar-refractivity contribution in [1.82, 2.24) is 15.5 Å². The zero-order chi connectivity index (χ0) is 25.7. The minimum Gasteiger partial charge on any atom is -0.339 e. The fourth-order valence-corrected chi connectivity index (χ4v) is 6.38. The third-order valence-electron chi connectivity index (χ3n) is 6.60. The van der Waals surface area contributed by atoms with E-state index < -0.39 is 15.9 Å². The van der Waals surface area contributed by atoms with Gasteiger partial charge < -0.3 is 15.5 Å². The number of carbonyl (C=O) groups excluding carboxylic acids is 2. The molecule has 4 rings (SSSR count). The first-order valence-corrected chi connectivity index (χ1v) is 15.1. The molecule has 3 atom stereocenters. The third kappa shape index (κ3) is 7.30. The smallest absolute Gasteiger partial charge is 0.251 e. The molecule has 2 aliphatic rings. The number of nitrogens with one attached hydrogen (secondary N) is 2. The Labute approximate surface area is 216 Å². The molecule has 10 heteroatoms. The van der Waals surface area contributed by atoms with Crippen LogP contribution in [-0.4, -0.2) is 79.9 Å². The monoisotopic (exact) mass is 533 g/mol. The molecule has 7 nitrogen and oxygen atoms in total. The average molecular weight is 534 g/mol. The van der Waals surface area contributed by atoms with Crippen molar-refractivity contribution in [1.29, 1.82) is 0 Å². The zero-order valence-electron chi connectivity index (χ0n) is 20.3. The maximum absolute atomic E-state index is 13.2. The Kier molecular flexibility index (Phi) is 8.69. The van der Waals surface area contributed by atoms with Crippen molar-refractivity contribution < 1.29 is 22.4 Å². The van der Waals surface area contributed by atoms with Crippen LogP contribution in [0, 0.1) is 12.7 Å². The number of nitrogens with zero attached hydrogens (tertiary/aromatic N) is 1. The minimum atomic E-state index is -3.11. The van der Waals surface area contributed by atoms with Crippen LogP contribution in [-0.2, 0) is 14.6 Å². The Morgan fingerprint density at radius 2 is 1.75 bits per heavy atom. The van der Waals surface area contributed by atoms with Crippen molar-refractivity contribution in [2.24, 2.45) is 0 Å². The summed E-state index contributed by atoms with van der Waals surface area (Å²) in [6, 6.07) is 13.4. The van der Waals surface area contributed by atoms with E-state index in [-0.39, 0.29) is 42.2 Å². The van der Waals surface area contributed by atoms with Crippen molar-refractivity contribution in [3.05, 3.63) is 71.0 Å². The molecule has 1 aliphatic carbocycles. The molecule has 1 heterocycles. The Balaban J connectivity index is 1.28. The summed E-state index contributed by atoms with van der Waals surface area (Å²) in [5, 5.41) is 6.37. The second-order valence-corrected chi connectivity index (χ2v) is 12.9. The highest BCUT2D eigenvalue weighted by Crippen LogP contribution is 2.40. The number of aryl methyl sites for hydroxylation is 1. The highest BCUT2D eigenvalue weighted by atomic mass is 32.2. The summed E-state index contributed by atoms with van der Waals surface area (Å²) in [5.74, 6) is 0.648. The summed E-state index contributed by atoms with van der Waals surface area (Å²) >= 11 is 1.57. The SMILES string of the molecule is Cc1ccc(C(=O)N[C@@H](CSCCNC2C[C@H]2c2ccc(F)cc2)C(=O)N2CCS(=O)(=O)CC2)cc1. The van der Waals surface area contributed by atoms with E-state index in [1.807, 2.05) is 31.2 Å². The Bertz CT molecular complexity index is 1160. The van der Waals surface area contributed by atoms with Gasteiger partial charge in [-0.05, 0) is 43.2 Å². The third-order valence-corrected chi connectivity index (χ3v) is 9.27. The lowest BCUT2D eigenvalue weighted by atomic mass is 10.1. The average Bonchev–Trinajstić information content (AvgIpc) is 3.63. The number of amides is 2. The summed E-state index contributed by atoms with van der Waals surface area (Å²) < 4.78 is 36.7. The first-order chi connectivity index (χ1) is 17.2. The number of rotatable bonds is 10. The van der Waals surface area contributed by atoms with Crippen molar-refractivity contribution in [2.75, 3.05) is 42.6 Å². The highest BCUT2D eigenvalue weighted by molar-refractivity contribution is 7.99. The van der Waals surface area contributed by atoms with E-state index in [1.165, 1.54) is 17.0 Å². The first kappa shape index (κ1) is 26.6. The van der Waals surface area contributed by atoms with Gasteiger partial charge in [-0.25, -0.2) is 12.8 Å². The van der Waals surface area contributed by atoms with Crippen molar-refractivity contribution in [2.45, 2.75) is 31.3 Å². The topological polar surface area (TPSA) is 95.6 Å². The number of halogens is 1. The van der Waals surface area contributed by atoms with E-state index in [4.69, 9.17) is 0 Å². The van der Waals surface area contributed by atoms with Crippen LogP contribution in [0.3, 0.4) is 0 Å². The van der Waals surface area contributed by atoms with E-state index in [1.54, 1.807) is 23.9 Å². The van der Waals surface area contributed by atoms with Crippen molar-refractivity contribution in [3.8, 4) is 0 Å². The number of hydrogen-bond donors (Lipinski definition) is 2. The molecule has 194 valence electrons. The van der Waals surface area contributed by atoms with Gasteiger partial charge in [0.25, 0.3) is 5.91 Å². The molecule has 2 fully saturated rings. The molecule has 2 N–H and O–H groups in total. The van der Waals surface area contributed by atoms with E-state index in [0.29, 0.717) is 23.3 Å². The van der Waals surface area contributed by atoms with Gasteiger partial charge in [-0.15, -0.1) is 0 Å². The molecule has 1 saturated carbocycles. The molecule has 2 amide bonds. The van der Waals surface area contributed by atoms with E-state index in [2.05, 4.69) is 10.6 Å². The molecule has 1 saturated heterocycles. The van der Waals surface area contributed by atoms with Gasteiger partial charge in [0.2, 0.25) is 5.91 Å². The van der Waals surface area contributed by atoms with Gasteiger partial charge >= 0.3 is 0 Å². The summed E-state index contributed by atoms with van der Waals surface area (Å²) in [5.41, 5.74) is 2.65. The van der Waals surface area contributed by atoms with Crippen LogP contribution in [0.5, 0.6) is 0 Å². The number of sulfone groups is 1. The summed E-state index contributed by atoms with van der Waals surface area (Å²) in [7, 11) is -3.11. The van der Waals surface area contributed by atoms with Crippen LogP contribution in [0.15, 0.2) is 48.5 Å². The predicted octanol–water partition coefficient (Wildman–Crippen LogP) is 2.37. The van der Waals surface area contributed by atoms with E-state index in [9.17, 15) is 22.4 Å². The van der Waals surface area contributed by atoms with Gasteiger partial charge in [0, 0.05) is 48.7 Å². The molecular weight excluding hydrogens is 501 g/mol. The summed E-state index contributed by atoms with van der Waals surface area (Å²) in [6.07, 6.45) is 1.02. The predicted molar refractivity (Wildman–Crippen MR) is 141 cm³/mol. The van der Waals surface area contributed by atoms with Crippen molar-refractivity contribution >= 4 is 33.4 Å². The maximum atomic E-state index is 13.2. The van der Waals surface area contributed by atoms with E-state index in [0.717, 1.165) is 29.8 Å². The molecule has 0 spiro atoms. The molecule has 1 aliphatic heterocycles. The molecular formula is C26H32FN3O4S2.